The molecule has 0 saturated heterocycles. The highest BCUT2D eigenvalue weighted by molar-refractivity contribution is 5.67. The van der Waals surface area contributed by atoms with Gasteiger partial charge in [0.1, 0.15) is 12.4 Å². The van der Waals surface area contributed by atoms with Crippen LogP contribution in [0.5, 0.6) is 0 Å². The molecule has 0 fully saturated rings. The quantitative estimate of drug-likeness (QED) is 0.372. The summed E-state index contributed by atoms with van der Waals surface area (Å²) in [6.45, 7) is 5.61. The molecular formula is C10H16O4. The monoisotopic (exact) mass is 200 g/mol. The van der Waals surface area contributed by atoms with E-state index in [-0.39, 0.29) is 12.6 Å². The molecule has 0 rings (SSSR count). The van der Waals surface area contributed by atoms with Gasteiger partial charge in [-0.1, -0.05) is 13.3 Å². The van der Waals surface area contributed by atoms with Crippen molar-refractivity contribution < 1.29 is 19.1 Å². The Morgan fingerprint density at radius 1 is 1.36 bits per heavy atom. The largest absolute Gasteiger partial charge is 0.463 e. The van der Waals surface area contributed by atoms with Gasteiger partial charge in [0.15, 0.2) is 0 Å². The molecule has 0 atom stereocenters. The smallest absolute Gasteiger partial charge is 0.307 e. The standard InChI is InChI=1S/C10H16O4/c1-4-5-10(6-13-7-11)8(2)14-9(3)12/h7H,4-6H2,1-3H3/b10-8+. The van der Waals surface area contributed by atoms with Gasteiger partial charge >= 0.3 is 5.97 Å². The summed E-state index contributed by atoms with van der Waals surface area (Å²) in [5.41, 5.74) is 0.842. The molecular weight excluding hydrogens is 184 g/mol. The molecule has 0 N–H and O–H groups in total. The van der Waals surface area contributed by atoms with Crippen LogP contribution in [0.2, 0.25) is 0 Å². The first-order valence-corrected chi connectivity index (χ1v) is 4.54. The SMILES string of the molecule is CCC/C(COC=O)=C(/C)OC(C)=O. The van der Waals surface area contributed by atoms with Crippen molar-refractivity contribution in [1.82, 2.24) is 0 Å². The Morgan fingerprint density at radius 2 is 2.00 bits per heavy atom. The maximum atomic E-state index is 10.7. The zero-order chi connectivity index (χ0) is 11.0. The third kappa shape index (κ3) is 5.35. The van der Waals surface area contributed by atoms with Gasteiger partial charge in [-0.2, -0.15) is 0 Å². The highest BCUT2D eigenvalue weighted by Crippen LogP contribution is 2.12. The molecule has 0 bridgehead atoms. The van der Waals surface area contributed by atoms with Crippen molar-refractivity contribution in [2.75, 3.05) is 6.61 Å². The third-order valence-corrected chi connectivity index (χ3v) is 1.67. The minimum absolute atomic E-state index is 0.191. The number of carbonyl (C=O) groups excluding carboxylic acids is 2. The van der Waals surface area contributed by atoms with Crippen LogP contribution in [-0.4, -0.2) is 19.0 Å². The summed E-state index contributed by atoms with van der Waals surface area (Å²) in [6, 6.07) is 0. The molecule has 0 aliphatic heterocycles. The topological polar surface area (TPSA) is 52.6 Å². The highest BCUT2D eigenvalue weighted by atomic mass is 16.5. The summed E-state index contributed by atoms with van der Waals surface area (Å²) < 4.78 is 9.53. The van der Waals surface area contributed by atoms with Crippen LogP contribution in [0, 0.1) is 0 Å². The van der Waals surface area contributed by atoms with Crippen molar-refractivity contribution in [3.8, 4) is 0 Å². The Labute approximate surface area is 83.9 Å². The van der Waals surface area contributed by atoms with Crippen molar-refractivity contribution in [2.45, 2.75) is 33.6 Å². The number of hydrogen-bond donors (Lipinski definition) is 0. The first-order chi connectivity index (χ1) is 6.61. The molecule has 80 valence electrons. The number of carbonyl (C=O) groups is 2. The van der Waals surface area contributed by atoms with Crippen LogP contribution >= 0.6 is 0 Å². The zero-order valence-corrected chi connectivity index (χ0v) is 8.83. The molecule has 0 aromatic rings. The second-order valence-corrected chi connectivity index (χ2v) is 2.91. The fourth-order valence-corrected chi connectivity index (χ4v) is 1.07. The lowest BCUT2D eigenvalue weighted by atomic mass is 10.1. The Morgan fingerprint density at radius 3 is 2.43 bits per heavy atom. The molecule has 0 saturated carbocycles. The Balaban J connectivity index is 4.39. The Kier molecular flexibility index (Phi) is 6.45. The van der Waals surface area contributed by atoms with Crippen LogP contribution in [0.25, 0.3) is 0 Å². The molecule has 0 aromatic heterocycles. The predicted molar refractivity (Wildman–Crippen MR) is 51.4 cm³/mol. The van der Waals surface area contributed by atoms with Crippen molar-refractivity contribution in [3.05, 3.63) is 11.3 Å². The third-order valence-electron chi connectivity index (χ3n) is 1.67. The van der Waals surface area contributed by atoms with Crippen LogP contribution in [0.3, 0.4) is 0 Å². The van der Waals surface area contributed by atoms with Gasteiger partial charge in [0.05, 0.1) is 0 Å². The van der Waals surface area contributed by atoms with Crippen molar-refractivity contribution >= 4 is 12.4 Å². The maximum absolute atomic E-state index is 10.7. The molecule has 0 aliphatic carbocycles. The van der Waals surface area contributed by atoms with E-state index in [1.807, 2.05) is 6.92 Å². The second kappa shape index (κ2) is 7.12. The van der Waals surface area contributed by atoms with Crippen LogP contribution in [-0.2, 0) is 19.1 Å². The molecule has 0 amide bonds. The highest BCUT2D eigenvalue weighted by Gasteiger charge is 2.05. The lowest BCUT2D eigenvalue weighted by molar-refractivity contribution is -0.136. The molecule has 0 aromatic carbocycles. The summed E-state index contributed by atoms with van der Waals surface area (Å²) in [5.74, 6) is 0.170. The summed E-state index contributed by atoms with van der Waals surface area (Å²) in [6.07, 6.45) is 1.67. The number of rotatable bonds is 6. The molecule has 4 nitrogen and oxygen atoms in total. The van der Waals surface area contributed by atoms with E-state index in [0.29, 0.717) is 12.2 Å². The zero-order valence-electron chi connectivity index (χ0n) is 8.83. The summed E-state index contributed by atoms with van der Waals surface area (Å²) >= 11 is 0. The fraction of sp³-hybridized carbons (Fsp3) is 0.600. The minimum atomic E-state index is -0.359. The van der Waals surface area contributed by atoms with E-state index in [1.54, 1.807) is 6.92 Å². The Bertz CT molecular complexity index is 230. The van der Waals surface area contributed by atoms with Gasteiger partial charge in [0, 0.05) is 12.5 Å². The number of esters is 1. The molecule has 0 radical (unpaired) electrons. The average Bonchev–Trinajstić information content (AvgIpc) is 2.10. The maximum Gasteiger partial charge on any atom is 0.307 e. The average molecular weight is 200 g/mol. The molecule has 0 heterocycles. The summed E-state index contributed by atoms with van der Waals surface area (Å²) in [7, 11) is 0. The van der Waals surface area contributed by atoms with Gasteiger partial charge in [-0.05, 0) is 13.3 Å². The van der Waals surface area contributed by atoms with Crippen LogP contribution < -0.4 is 0 Å². The van der Waals surface area contributed by atoms with Crippen LogP contribution in [0.1, 0.15) is 33.6 Å². The van der Waals surface area contributed by atoms with Gasteiger partial charge in [0.2, 0.25) is 0 Å². The number of ether oxygens (including phenoxy) is 2. The van der Waals surface area contributed by atoms with E-state index in [2.05, 4.69) is 4.74 Å². The van der Waals surface area contributed by atoms with Crippen LogP contribution in [0.4, 0.5) is 0 Å². The van der Waals surface area contributed by atoms with E-state index < -0.39 is 0 Å². The fourth-order valence-electron chi connectivity index (χ4n) is 1.07. The van der Waals surface area contributed by atoms with Crippen molar-refractivity contribution in [3.63, 3.8) is 0 Å². The molecule has 0 spiro atoms. The van der Waals surface area contributed by atoms with Gasteiger partial charge in [0.25, 0.3) is 6.47 Å². The molecule has 0 unspecified atom stereocenters. The summed E-state index contributed by atoms with van der Waals surface area (Å²) in [5, 5.41) is 0. The van der Waals surface area contributed by atoms with Crippen LogP contribution in [0.15, 0.2) is 11.3 Å². The van der Waals surface area contributed by atoms with E-state index in [0.717, 1.165) is 18.4 Å². The van der Waals surface area contributed by atoms with Gasteiger partial charge in [-0.3, -0.25) is 9.59 Å². The lowest BCUT2D eigenvalue weighted by Gasteiger charge is -2.09. The first-order valence-electron chi connectivity index (χ1n) is 4.54. The molecule has 0 aliphatic rings. The Hall–Kier alpha value is -1.32. The van der Waals surface area contributed by atoms with Crippen molar-refractivity contribution in [2.24, 2.45) is 0 Å². The summed E-state index contributed by atoms with van der Waals surface area (Å²) in [4.78, 5) is 20.7. The lowest BCUT2D eigenvalue weighted by Crippen LogP contribution is -2.04. The van der Waals surface area contributed by atoms with E-state index in [4.69, 9.17) is 4.74 Å². The number of hydrogen-bond acceptors (Lipinski definition) is 4. The van der Waals surface area contributed by atoms with Gasteiger partial charge < -0.3 is 9.47 Å². The minimum Gasteiger partial charge on any atom is -0.463 e. The number of allylic oxidation sites excluding steroid dienone is 1. The van der Waals surface area contributed by atoms with E-state index in [1.165, 1.54) is 6.92 Å². The van der Waals surface area contributed by atoms with Crippen molar-refractivity contribution in [1.29, 1.82) is 0 Å². The van der Waals surface area contributed by atoms with Gasteiger partial charge in [-0.15, -0.1) is 0 Å². The molecule has 14 heavy (non-hydrogen) atoms. The second-order valence-electron chi connectivity index (χ2n) is 2.91. The molecule has 4 heteroatoms. The van der Waals surface area contributed by atoms with Gasteiger partial charge in [-0.25, -0.2) is 0 Å². The normalized spacial score (nSPS) is 11.6. The first kappa shape index (κ1) is 12.7. The van der Waals surface area contributed by atoms with E-state index >= 15 is 0 Å². The van der Waals surface area contributed by atoms with E-state index in [9.17, 15) is 9.59 Å². The predicted octanol–water partition coefficient (Wildman–Crippen LogP) is 1.80.